The van der Waals surface area contributed by atoms with Gasteiger partial charge in [0, 0.05) is 12.7 Å². The summed E-state index contributed by atoms with van der Waals surface area (Å²) in [4.78, 5) is 17.5. The molecule has 0 radical (unpaired) electrons. The van der Waals surface area contributed by atoms with Gasteiger partial charge in [-0.25, -0.2) is 14.2 Å². The smallest absolute Gasteiger partial charge is 0.356 e. The Balaban J connectivity index is 2.09. The van der Waals surface area contributed by atoms with E-state index in [-0.39, 0.29) is 5.69 Å². The first-order valence-electron chi connectivity index (χ1n) is 6.27. The van der Waals surface area contributed by atoms with Gasteiger partial charge in [-0.3, -0.25) is 9.30 Å². The molecule has 2 aromatic rings. The fourth-order valence-electron chi connectivity index (χ4n) is 2.54. The number of aromatic carboxylic acids is 1. The predicted octanol–water partition coefficient (Wildman–Crippen LogP) is 1.77. The molecule has 0 atom stereocenters. The van der Waals surface area contributed by atoms with Crippen LogP contribution in [-0.4, -0.2) is 38.4 Å². The van der Waals surface area contributed by atoms with E-state index in [1.807, 2.05) is 0 Å². The zero-order chi connectivity index (χ0) is 13.4. The second kappa shape index (κ2) is 4.62. The summed E-state index contributed by atoms with van der Waals surface area (Å²) in [6.07, 6.45) is 3.53. The molecule has 0 unspecified atom stereocenters. The monoisotopic (exact) mass is 263 g/mol. The number of imidazole rings is 1. The summed E-state index contributed by atoms with van der Waals surface area (Å²) >= 11 is 0. The van der Waals surface area contributed by atoms with Crippen molar-refractivity contribution in [1.82, 2.24) is 14.3 Å². The summed E-state index contributed by atoms with van der Waals surface area (Å²) in [6, 6.07) is 2.78. The summed E-state index contributed by atoms with van der Waals surface area (Å²) < 4.78 is 14.9. The topological polar surface area (TPSA) is 57.8 Å². The Labute approximate surface area is 109 Å². The van der Waals surface area contributed by atoms with Crippen molar-refractivity contribution in [3.05, 3.63) is 35.5 Å². The van der Waals surface area contributed by atoms with Crippen LogP contribution in [0.4, 0.5) is 4.39 Å². The lowest BCUT2D eigenvalue weighted by molar-refractivity contribution is 0.0688. The van der Waals surface area contributed by atoms with Crippen LogP contribution in [0, 0.1) is 5.82 Å². The number of rotatable bonds is 3. The Hall–Kier alpha value is -1.95. The zero-order valence-corrected chi connectivity index (χ0v) is 10.3. The van der Waals surface area contributed by atoms with E-state index in [9.17, 15) is 14.3 Å². The first-order chi connectivity index (χ1) is 9.15. The van der Waals surface area contributed by atoms with Gasteiger partial charge in [-0.15, -0.1) is 0 Å². The Morgan fingerprint density at radius 3 is 2.79 bits per heavy atom. The fraction of sp³-hybridized carbons (Fsp3) is 0.385. The number of halogens is 1. The third-order valence-corrected chi connectivity index (χ3v) is 3.46. The Morgan fingerprint density at radius 2 is 2.11 bits per heavy atom. The van der Waals surface area contributed by atoms with E-state index in [2.05, 4.69) is 9.88 Å². The summed E-state index contributed by atoms with van der Waals surface area (Å²) in [6.45, 7) is 2.38. The normalized spacial score (nSPS) is 16.3. The van der Waals surface area contributed by atoms with Crippen LogP contribution in [0.1, 0.15) is 29.0 Å². The van der Waals surface area contributed by atoms with Gasteiger partial charge in [-0.2, -0.15) is 0 Å². The van der Waals surface area contributed by atoms with Crippen molar-refractivity contribution < 1.29 is 14.3 Å². The van der Waals surface area contributed by atoms with E-state index < -0.39 is 11.8 Å². The van der Waals surface area contributed by atoms with Crippen LogP contribution in [0.2, 0.25) is 0 Å². The quantitative estimate of drug-likeness (QED) is 0.916. The van der Waals surface area contributed by atoms with Crippen LogP contribution in [0.3, 0.4) is 0 Å². The van der Waals surface area contributed by atoms with Crippen LogP contribution in [0.25, 0.3) is 5.65 Å². The lowest BCUT2D eigenvalue weighted by atomic mass is 10.3. The molecule has 0 aliphatic carbocycles. The summed E-state index contributed by atoms with van der Waals surface area (Å²) in [7, 11) is 0. The van der Waals surface area contributed by atoms with Gasteiger partial charge in [0.2, 0.25) is 0 Å². The number of nitrogens with zero attached hydrogens (tertiary/aromatic N) is 3. The molecule has 100 valence electrons. The molecule has 6 heteroatoms. The van der Waals surface area contributed by atoms with Crippen LogP contribution in [0.15, 0.2) is 18.3 Å². The highest BCUT2D eigenvalue weighted by atomic mass is 19.1. The lowest BCUT2D eigenvalue weighted by Gasteiger charge is -2.14. The number of carbonyl (C=O) groups is 1. The van der Waals surface area contributed by atoms with Gasteiger partial charge in [-0.05, 0) is 38.1 Å². The molecule has 1 fully saturated rings. The third-order valence-electron chi connectivity index (χ3n) is 3.46. The Kier molecular flexibility index (Phi) is 2.94. The second-order valence-corrected chi connectivity index (χ2v) is 4.77. The largest absolute Gasteiger partial charge is 0.476 e. The number of hydrogen-bond donors (Lipinski definition) is 1. The zero-order valence-electron chi connectivity index (χ0n) is 10.3. The van der Waals surface area contributed by atoms with Gasteiger partial charge >= 0.3 is 5.97 Å². The standard InChI is InChI=1S/C13H14FN3O2/c14-9-3-4-11-15-12(13(18)19)10(17(11)7-9)8-16-5-1-2-6-16/h3-4,7H,1-2,5-6,8H2,(H,18,19). The van der Waals surface area contributed by atoms with Crippen LogP contribution in [-0.2, 0) is 6.54 Å². The van der Waals surface area contributed by atoms with Gasteiger partial charge in [0.15, 0.2) is 5.69 Å². The minimum absolute atomic E-state index is 0.0116. The molecule has 1 saturated heterocycles. The number of fused-ring (bicyclic) bond motifs is 1. The van der Waals surface area contributed by atoms with Crippen molar-refractivity contribution in [2.45, 2.75) is 19.4 Å². The van der Waals surface area contributed by atoms with Gasteiger partial charge in [0.05, 0.1) is 5.69 Å². The molecule has 3 heterocycles. The van der Waals surface area contributed by atoms with E-state index in [1.54, 1.807) is 0 Å². The average Bonchev–Trinajstić information content (AvgIpc) is 2.98. The molecule has 1 aliphatic rings. The molecule has 0 amide bonds. The molecule has 1 aliphatic heterocycles. The van der Waals surface area contributed by atoms with E-state index >= 15 is 0 Å². The minimum atomic E-state index is -1.07. The van der Waals surface area contributed by atoms with E-state index in [0.717, 1.165) is 25.9 Å². The minimum Gasteiger partial charge on any atom is -0.476 e. The number of aromatic nitrogens is 2. The highest BCUT2D eigenvalue weighted by Gasteiger charge is 2.22. The first-order valence-corrected chi connectivity index (χ1v) is 6.27. The number of likely N-dealkylation sites (tertiary alicyclic amines) is 1. The van der Waals surface area contributed by atoms with Gasteiger partial charge in [-0.1, -0.05) is 0 Å². The van der Waals surface area contributed by atoms with E-state index in [1.165, 1.54) is 22.7 Å². The SMILES string of the molecule is O=C(O)c1nc2ccc(F)cn2c1CN1CCCC1. The molecule has 1 N–H and O–H groups in total. The molecule has 0 saturated carbocycles. The first kappa shape index (κ1) is 12.1. The Bertz CT molecular complexity index is 632. The molecular weight excluding hydrogens is 249 g/mol. The van der Waals surface area contributed by atoms with Crippen molar-refractivity contribution in [1.29, 1.82) is 0 Å². The number of hydrogen-bond acceptors (Lipinski definition) is 3. The van der Waals surface area contributed by atoms with Crippen molar-refractivity contribution in [3.63, 3.8) is 0 Å². The second-order valence-electron chi connectivity index (χ2n) is 4.77. The maximum Gasteiger partial charge on any atom is 0.356 e. The average molecular weight is 263 g/mol. The van der Waals surface area contributed by atoms with Crippen molar-refractivity contribution in [2.75, 3.05) is 13.1 Å². The van der Waals surface area contributed by atoms with Crippen molar-refractivity contribution >= 4 is 11.6 Å². The molecule has 0 spiro atoms. The number of carboxylic acids is 1. The highest BCUT2D eigenvalue weighted by molar-refractivity contribution is 5.88. The van der Waals surface area contributed by atoms with Gasteiger partial charge < -0.3 is 5.11 Å². The highest BCUT2D eigenvalue weighted by Crippen LogP contribution is 2.18. The van der Waals surface area contributed by atoms with Crippen LogP contribution < -0.4 is 0 Å². The molecule has 0 bridgehead atoms. The Morgan fingerprint density at radius 1 is 1.37 bits per heavy atom. The maximum atomic E-state index is 13.3. The van der Waals surface area contributed by atoms with Gasteiger partial charge in [0.25, 0.3) is 0 Å². The molecule has 19 heavy (non-hydrogen) atoms. The van der Waals surface area contributed by atoms with Gasteiger partial charge in [0.1, 0.15) is 11.5 Å². The molecule has 0 aromatic carbocycles. The van der Waals surface area contributed by atoms with Crippen molar-refractivity contribution in [3.8, 4) is 0 Å². The lowest BCUT2D eigenvalue weighted by Crippen LogP contribution is -2.21. The number of carboxylic acid groups (broad SMARTS) is 1. The molecule has 3 rings (SSSR count). The maximum absolute atomic E-state index is 13.3. The predicted molar refractivity (Wildman–Crippen MR) is 66.6 cm³/mol. The molecule has 5 nitrogen and oxygen atoms in total. The van der Waals surface area contributed by atoms with E-state index in [0.29, 0.717) is 17.9 Å². The fourth-order valence-corrected chi connectivity index (χ4v) is 2.54. The van der Waals surface area contributed by atoms with Crippen LogP contribution in [0.5, 0.6) is 0 Å². The summed E-state index contributed by atoms with van der Waals surface area (Å²) in [5, 5.41) is 9.22. The summed E-state index contributed by atoms with van der Waals surface area (Å²) in [5.74, 6) is -1.47. The van der Waals surface area contributed by atoms with Crippen LogP contribution >= 0.6 is 0 Å². The van der Waals surface area contributed by atoms with Crippen molar-refractivity contribution in [2.24, 2.45) is 0 Å². The number of pyridine rings is 1. The third kappa shape index (κ3) is 2.19. The summed E-state index contributed by atoms with van der Waals surface area (Å²) in [5.41, 5.74) is 1.02. The molecular formula is C13H14FN3O2. The van der Waals surface area contributed by atoms with E-state index in [4.69, 9.17) is 0 Å². The molecule has 2 aromatic heterocycles.